The van der Waals surface area contributed by atoms with Gasteiger partial charge in [0.05, 0.1) is 18.6 Å². The van der Waals surface area contributed by atoms with E-state index in [0.717, 1.165) is 55.2 Å². The summed E-state index contributed by atoms with van der Waals surface area (Å²) < 4.78 is 49.2. The number of nitrogens with zero attached hydrogens (tertiary/aromatic N) is 5. The third-order valence-corrected chi connectivity index (χ3v) is 11.6. The Morgan fingerprint density at radius 3 is 2.50 bits per heavy atom. The van der Waals surface area contributed by atoms with Crippen LogP contribution in [0, 0.1) is 23.1 Å². The lowest BCUT2D eigenvalue weighted by atomic mass is 9.93. The summed E-state index contributed by atoms with van der Waals surface area (Å²) in [7, 11) is 1.57. The highest BCUT2D eigenvalue weighted by Crippen LogP contribution is 2.48. The lowest BCUT2D eigenvalue weighted by molar-refractivity contribution is 0.00141. The first-order valence-electron chi connectivity index (χ1n) is 18.2. The number of pyridine rings is 1. The molecule has 50 heavy (non-hydrogen) atoms. The summed E-state index contributed by atoms with van der Waals surface area (Å²) in [6.07, 6.45) is 8.81. The molecule has 4 aromatic rings. The number of ether oxygens (including phenoxy) is 3. The van der Waals surface area contributed by atoms with Crippen LogP contribution in [0.15, 0.2) is 36.5 Å². The quantitative estimate of drug-likeness (QED) is 0.163. The van der Waals surface area contributed by atoms with Crippen LogP contribution in [0.3, 0.4) is 0 Å². The summed E-state index contributed by atoms with van der Waals surface area (Å²) in [6.45, 7) is 5.90. The van der Waals surface area contributed by atoms with Crippen molar-refractivity contribution in [3.8, 4) is 23.0 Å². The molecule has 8 rings (SSSR count). The van der Waals surface area contributed by atoms with Gasteiger partial charge in [-0.25, -0.2) is 8.78 Å². The number of likely N-dealkylation sites (tertiary alicyclic amines) is 1. The van der Waals surface area contributed by atoms with Gasteiger partial charge in [0.1, 0.15) is 28.4 Å². The highest BCUT2D eigenvalue weighted by molar-refractivity contribution is 6.01. The van der Waals surface area contributed by atoms with Gasteiger partial charge in [0.15, 0.2) is 12.6 Å². The number of aliphatic hydroxyl groups excluding tert-OH is 1. The lowest BCUT2D eigenvalue weighted by Gasteiger charge is -2.37. The fourth-order valence-electron chi connectivity index (χ4n) is 8.55. The molecule has 2 aliphatic carbocycles. The standard InChI is InChI=1S/C39H47F2N5O4/c1-3-27-5-4-6-28-16-29(50-24-48-2)17-30(32(27)28)34-33(40)35-31(18-42-34)36(46-19-25-7-8-26(15-25)20-46)44-37(43-35)49-23-38(9-10-38)21-45-13-11-39(41,22-47)12-14-45/h4-6,16-18,25-26,47H,3,7-15,19-24H2,1-2H3. The molecule has 2 bridgehead atoms. The van der Waals surface area contributed by atoms with E-state index in [1.807, 2.05) is 24.3 Å². The van der Waals surface area contributed by atoms with E-state index < -0.39 is 18.1 Å². The molecule has 2 unspecified atom stereocenters. The van der Waals surface area contributed by atoms with Crippen molar-refractivity contribution in [1.82, 2.24) is 19.9 Å². The van der Waals surface area contributed by atoms with Crippen LogP contribution >= 0.6 is 0 Å². The normalized spacial score (nSPS) is 22.7. The van der Waals surface area contributed by atoms with Crippen molar-refractivity contribution in [2.45, 2.75) is 64.0 Å². The zero-order chi connectivity index (χ0) is 34.5. The Morgan fingerprint density at radius 1 is 1.02 bits per heavy atom. The molecule has 266 valence electrons. The summed E-state index contributed by atoms with van der Waals surface area (Å²) in [5.74, 6) is 1.93. The Morgan fingerprint density at radius 2 is 1.80 bits per heavy atom. The van der Waals surface area contributed by atoms with Gasteiger partial charge < -0.3 is 29.1 Å². The molecule has 4 fully saturated rings. The summed E-state index contributed by atoms with van der Waals surface area (Å²) in [5.41, 5.74) is 0.580. The van der Waals surface area contributed by atoms with Gasteiger partial charge in [-0.15, -0.1) is 0 Å². The van der Waals surface area contributed by atoms with E-state index in [4.69, 9.17) is 29.2 Å². The van der Waals surface area contributed by atoms with Gasteiger partial charge in [-0.3, -0.25) is 4.98 Å². The third kappa shape index (κ3) is 6.48. The zero-order valence-corrected chi connectivity index (χ0v) is 29.1. The molecule has 4 heterocycles. The second-order valence-electron chi connectivity index (χ2n) is 15.2. The topological polar surface area (TPSA) is 93.1 Å². The van der Waals surface area contributed by atoms with Crippen LogP contribution < -0.4 is 14.4 Å². The molecule has 2 aliphatic heterocycles. The molecule has 2 aromatic heterocycles. The number of aryl methyl sites for hydroxylation is 1. The molecular weight excluding hydrogens is 640 g/mol. The molecule has 0 amide bonds. The van der Waals surface area contributed by atoms with Crippen LogP contribution in [0.1, 0.15) is 57.4 Å². The second kappa shape index (κ2) is 13.5. The first-order chi connectivity index (χ1) is 24.3. The molecule has 2 aromatic carbocycles. The first kappa shape index (κ1) is 33.5. The van der Waals surface area contributed by atoms with Gasteiger partial charge in [-0.05, 0) is 91.7 Å². The van der Waals surface area contributed by atoms with Crippen molar-refractivity contribution in [2.24, 2.45) is 17.3 Å². The molecule has 4 aliphatic rings. The van der Waals surface area contributed by atoms with E-state index in [1.54, 1.807) is 13.3 Å². The third-order valence-electron chi connectivity index (χ3n) is 11.6. The number of halogens is 2. The number of aliphatic hydroxyl groups is 1. The molecule has 1 N–H and O–H groups in total. The van der Waals surface area contributed by atoms with Crippen molar-refractivity contribution in [3.63, 3.8) is 0 Å². The number of alkyl halides is 1. The van der Waals surface area contributed by atoms with Crippen LogP contribution in [-0.2, 0) is 11.2 Å². The monoisotopic (exact) mass is 687 g/mol. The number of benzene rings is 2. The number of hydrogen-bond donors (Lipinski definition) is 1. The first-order valence-corrected chi connectivity index (χ1v) is 18.2. The minimum Gasteiger partial charge on any atom is -0.468 e. The number of hydrogen-bond acceptors (Lipinski definition) is 9. The van der Waals surface area contributed by atoms with Crippen LogP contribution in [0.25, 0.3) is 32.9 Å². The van der Waals surface area contributed by atoms with Crippen molar-refractivity contribution >= 4 is 27.5 Å². The largest absolute Gasteiger partial charge is 0.468 e. The molecule has 2 atom stereocenters. The highest BCUT2D eigenvalue weighted by atomic mass is 19.1. The fraction of sp³-hybridized carbons (Fsp3) is 0.564. The van der Waals surface area contributed by atoms with Crippen LogP contribution in [0.5, 0.6) is 11.8 Å². The summed E-state index contributed by atoms with van der Waals surface area (Å²) in [4.78, 5) is 19.1. The molecule has 2 saturated heterocycles. The minimum atomic E-state index is -1.48. The van der Waals surface area contributed by atoms with Crippen LogP contribution in [-0.4, -0.2) is 90.5 Å². The highest BCUT2D eigenvalue weighted by Gasteiger charge is 2.46. The van der Waals surface area contributed by atoms with E-state index in [-0.39, 0.29) is 29.4 Å². The van der Waals surface area contributed by atoms with E-state index >= 15 is 4.39 Å². The van der Waals surface area contributed by atoms with Gasteiger partial charge in [0, 0.05) is 57.0 Å². The number of aromatic nitrogens is 3. The van der Waals surface area contributed by atoms with E-state index in [9.17, 15) is 9.50 Å². The number of methoxy groups -OCH3 is 1. The van der Waals surface area contributed by atoms with Gasteiger partial charge in [0.2, 0.25) is 0 Å². The predicted octanol–water partition coefficient (Wildman–Crippen LogP) is 6.72. The lowest BCUT2D eigenvalue weighted by Crippen LogP contribution is -2.46. The van der Waals surface area contributed by atoms with E-state index in [0.29, 0.717) is 66.9 Å². The van der Waals surface area contributed by atoms with Crippen LogP contribution in [0.4, 0.5) is 14.6 Å². The molecule has 2 saturated carbocycles. The maximum Gasteiger partial charge on any atom is 0.319 e. The Balaban J connectivity index is 1.16. The molecule has 11 heteroatoms. The number of rotatable bonds is 12. The number of piperidine rings is 2. The van der Waals surface area contributed by atoms with Gasteiger partial charge in [-0.2, -0.15) is 9.97 Å². The minimum absolute atomic E-state index is 0.0691. The fourth-order valence-corrected chi connectivity index (χ4v) is 8.55. The maximum atomic E-state index is 17.1. The average Bonchev–Trinajstić information content (AvgIpc) is 3.83. The van der Waals surface area contributed by atoms with Crippen molar-refractivity contribution in [3.05, 3.63) is 47.9 Å². The van der Waals surface area contributed by atoms with E-state index in [2.05, 4.69) is 22.8 Å². The van der Waals surface area contributed by atoms with Gasteiger partial charge in [-0.1, -0.05) is 25.1 Å². The summed E-state index contributed by atoms with van der Waals surface area (Å²) in [5, 5.41) is 11.9. The van der Waals surface area contributed by atoms with E-state index in [1.165, 1.54) is 19.3 Å². The molecule has 9 nitrogen and oxygen atoms in total. The molecular formula is C39H47F2N5O4. The molecule has 0 radical (unpaired) electrons. The maximum absolute atomic E-state index is 17.1. The summed E-state index contributed by atoms with van der Waals surface area (Å²) in [6, 6.07) is 10.0. The SMILES string of the molecule is CCc1cccc2cc(OCOC)cc(-c3ncc4c(N5CC6CCC(C6)C5)nc(OCC5(CN6CCC(F)(CO)CC6)CC5)nc4c3F)c12. The number of fused-ring (bicyclic) bond motifs is 4. The Labute approximate surface area is 292 Å². The van der Waals surface area contributed by atoms with Gasteiger partial charge >= 0.3 is 6.01 Å². The predicted molar refractivity (Wildman–Crippen MR) is 189 cm³/mol. The smallest absolute Gasteiger partial charge is 0.319 e. The second-order valence-corrected chi connectivity index (χ2v) is 15.2. The molecule has 0 spiro atoms. The number of anilines is 1. The Bertz CT molecular complexity index is 1870. The van der Waals surface area contributed by atoms with Gasteiger partial charge in [0.25, 0.3) is 0 Å². The Hall–Kier alpha value is -3.67. The van der Waals surface area contributed by atoms with Crippen LogP contribution in [0.2, 0.25) is 0 Å². The van der Waals surface area contributed by atoms with Crippen molar-refractivity contribution in [2.75, 3.05) is 64.7 Å². The van der Waals surface area contributed by atoms with Crippen molar-refractivity contribution < 1.29 is 28.1 Å². The van der Waals surface area contributed by atoms with Crippen molar-refractivity contribution in [1.29, 1.82) is 0 Å². The zero-order valence-electron chi connectivity index (χ0n) is 29.1. The summed E-state index contributed by atoms with van der Waals surface area (Å²) >= 11 is 0. The Kier molecular flexibility index (Phi) is 9.02. The average molecular weight is 688 g/mol.